The third-order valence-corrected chi connectivity index (χ3v) is 4.36. The van der Waals surface area contributed by atoms with Crippen molar-refractivity contribution < 1.29 is 5.11 Å². The number of rotatable bonds is 3. The molecule has 0 aromatic heterocycles. The van der Waals surface area contributed by atoms with E-state index in [1.165, 1.54) is 0 Å². The van der Waals surface area contributed by atoms with Crippen LogP contribution in [-0.2, 0) is 0 Å². The van der Waals surface area contributed by atoms with E-state index in [9.17, 15) is 5.11 Å². The number of piperidine rings is 1. The number of anilines is 1. The minimum Gasteiger partial charge on any atom is -0.389 e. The van der Waals surface area contributed by atoms with Crippen molar-refractivity contribution in [3.63, 3.8) is 0 Å². The van der Waals surface area contributed by atoms with Crippen LogP contribution >= 0.6 is 0 Å². The smallest absolute Gasteiger partial charge is 0.0781 e. The molecular formula is C16H26N2O. The average Bonchev–Trinajstić information content (AvgIpc) is 2.36. The van der Waals surface area contributed by atoms with Gasteiger partial charge in [0.2, 0.25) is 0 Å². The zero-order valence-corrected chi connectivity index (χ0v) is 12.4. The third-order valence-electron chi connectivity index (χ3n) is 4.36. The highest BCUT2D eigenvalue weighted by Gasteiger charge is 2.29. The average molecular weight is 262 g/mol. The summed E-state index contributed by atoms with van der Waals surface area (Å²) in [7, 11) is 2.20. The number of nitrogens with one attached hydrogen (secondary N) is 1. The lowest BCUT2D eigenvalue weighted by atomic mass is 9.89. The zero-order valence-electron chi connectivity index (χ0n) is 12.4. The van der Waals surface area contributed by atoms with E-state index in [-0.39, 0.29) is 0 Å². The summed E-state index contributed by atoms with van der Waals surface area (Å²) in [6.45, 7) is 7.52. The van der Waals surface area contributed by atoms with Crippen molar-refractivity contribution in [1.82, 2.24) is 4.90 Å². The Hall–Kier alpha value is -1.06. The van der Waals surface area contributed by atoms with Crippen LogP contribution in [0.4, 0.5) is 5.69 Å². The summed E-state index contributed by atoms with van der Waals surface area (Å²) in [4.78, 5) is 2.42. The first-order valence-electron chi connectivity index (χ1n) is 7.22. The number of hydrogen-bond acceptors (Lipinski definition) is 3. The molecule has 106 valence electrons. The van der Waals surface area contributed by atoms with Gasteiger partial charge < -0.3 is 15.3 Å². The predicted molar refractivity (Wildman–Crippen MR) is 80.4 cm³/mol. The molecule has 1 saturated heterocycles. The number of para-hydroxylation sites is 1. The van der Waals surface area contributed by atoms with Gasteiger partial charge in [-0.2, -0.15) is 0 Å². The zero-order chi connectivity index (χ0) is 14.0. The van der Waals surface area contributed by atoms with Crippen molar-refractivity contribution in [2.75, 3.05) is 18.9 Å². The molecule has 0 bridgehead atoms. The molecule has 0 aliphatic carbocycles. The van der Waals surface area contributed by atoms with Gasteiger partial charge in [0.25, 0.3) is 0 Å². The Balaban J connectivity index is 2.13. The van der Waals surface area contributed by atoms with Crippen LogP contribution < -0.4 is 5.32 Å². The fourth-order valence-corrected chi connectivity index (χ4v) is 2.93. The maximum Gasteiger partial charge on any atom is 0.0781 e. The molecule has 3 nitrogen and oxygen atoms in total. The van der Waals surface area contributed by atoms with Gasteiger partial charge in [-0.05, 0) is 39.3 Å². The molecule has 1 aromatic carbocycles. The summed E-state index contributed by atoms with van der Waals surface area (Å²) >= 11 is 0. The van der Waals surface area contributed by atoms with Gasteiger partial charge in [0.1, 0.15) is 0 Å². The van der Waals surface area contributed by atoms with Crippen LogP contribution in [0, 0.1) is 5.92 Å². The number of aliphatic hydroxyl groups excluding tert-OH is 1. The first-order chi connectivity index (χ1) is 8.99. The van der Waals surface area contributed by atoms with E-state index in [2.05, 4.69) is 37.2 Å². The Labute approximate surface area is 116 Å². The molecule has 0 radical (unpaired) electrons. The highest BCUT2D eigenvalue weighted by molar-refractivity contribution is 5.52. The van der Waals surface area contributed by atoms with Crippen molar-refractivity contribution >= 4 is 5.69 Å². The maximum atomic E-state index is 9.85. The lowest BCUT2D eigenvalue weighted by Gasteiger charge is -2.40. The summed E-state index contributed by atoms with van der Waals surface area (Å²) in [5.41, 5.74) is 2.06. The van der Waals surface area contributed by atoms with Crippen LogP contribution in [-0.4, -0.2) is 35.7 Å². The van der Waals surface area contributed by atoms with Crippen molar-refractivity contribution in [2.45, 2.75) is 45.4 Å². The molecule has 19 heavy (non-hydrogen) atoms. The summed E-state index contributed by atoms with van der Waals surface area (Å²) in [5, 5.41) is 13.5. The van der Waals surface area contributed by atoms with Crippen molar-refractivity contribution in [3.05, 3.63) is 29.8 Å². The standard InChI is InChI=1S/C16H26N2O/c1-11-10-18(4)12(2)9-16(11)17-15-8-6-5-7-14(15)13(3)19/h5-8,11-13,16-17,19H,9-10H2,1-4H3. The molecule has 4 unspecified atom stereocenters. The normalized spacial score (nSPS) is 30.1. The van der Waals surface area contributed by atoms with Crippen LogP contribution in [0.3, 0.4) is 0 Å². The topological polar surface area (TPSA) is 35.5 Å². The molecule has 1 aliphatic rings. The van der Waals surface area contributed by atoms with Crippen LogP contribution in [0.15, 0.2) is 24.3 Å². The summed E-state index contributed by atoms with van der Waals surface area (Å²) in [6.07, 6.45) is 0.717. The van der Waals surface area contributed by atoms with Crippen molar-refractivity contribution in [1.29, 1.82) is 0 Å². The summed E-state index contributed by atoms with van der Waals surface area (Å²) < 4.78 is 0. The number of nitrogens with zero attached hydrogens (tertiary/aromatic N) is 1. The molecule has 0 saturated carbocycles. The van der Waals surface area contributed by atoms with Crippen LogP contribution in [0.1, 0.15) is 38.9 Å². The Morgan fingerprint density at radius 2 is 2.00 bits per heavy atom. The molecule has 0 amide bonds. The molecule has 1 heterocycles. The predicted octanol–water partition coefficient (Wildman–Crippen LogP) is 2.88. The van der Waals surface area contributed by atoms with Crippen molar-refractivity contribution in [3.8, 4) is 0 Å². The number of likely N-dealkylation sites (tertiary alicyclic amines) is 1. The van der Waals surface area contributed by atoms with Crippen LogP contribution in [0.2, 0.25) is 0 Å². The second-order valence-corrected chi connectivity index (χ2v) is 6.02. The van der Waals surface area contributed by atoms with Gasteiger partial charge in [0, 0.05) is 29.9 Å². The largest absolute Gasteiger partial charge is 0.389 e. The quantitative estimate of drug-likeness (QED) is 0.879. The number of aliphatic hydroxyl groups is 1. The van der Waals surface area contributed by atoms with E-state index in [4.69, 9.17) is 0 Å². The molecule has 0 spiro atoms. The van der Waals surface area contributed by atoms with Gasteiger partial charge >= 0.3 is 0 Å². The van der Waals surface area contributed by atoms with E-state index in [0.29, 0.717) is 18.0 Å². The van der Waals surface area contributed by atoms with E-state index in [1.807, 2.05) is 25.1 Å². The second kappa shape index (κ2) is 5.93. The molecule has 2 rings (SSSR count). The molecule has 3 heteroatoms. The molecular weight excluding hydrogens is 236 g/mol. The highest BCUT2D eigenvalue weighted by Crippen LogP contribution is 2.28. The fraction of sp³-hybridized carbons (Fsp3) is 0.625. The van der Waals surface area contributed by atoms with Gasteiger partial charge in [-0.15, -0.1) is 0 Å². The van der Waals surface area contributed by atoms with E-state index < -0.39 is 6.10 Å². The van der Waals surface area contributed by atoms with E-state index in [0.717, 1.165) is 24.2 Å². The first kappa shape index (κ1) is 14.4. The Kier molecular flexibility index (Phi) is 4.48. The second-order valence-electron chi connectivity index (χ2n) is 6.02. The van der Waals surface area contributed by atoms with Gasteiger partial charge in [-0.25, -0.2) is 0 Å². The van der Waals surface area contributed by atoms with Crippen molar-refractivity contribution in [2.24, 2.45) is 5.92 Å². The Bertz CT molecular complexity index is 419. The van der Waals surface area contributed by atoms with Gasteiger partial charge in [-0.1, -0.05) is 25.1 Å². The molecule has 1 aliphatic heterocycles. The minimum atomic E-state index is -0.428. The van der Waals surface area contributed by atoms with Gasteiger partial charge in [-0.3, -0.25) is 0 Å². The van der Waals surface area contributed by atoms with Crippen LogP contribution in [0.25, 0.3) is 0 Å². The number of benzene rings is 1. The molecule has 1 fully saturated rings. The monoisotopic (exact) mass is 262 g/mol. The Morgan fingerprint density at radius 3 is 2.68 bits per heavy atom. The van der Waals surface area contributed by atoms with E-state index >= 15 is 0 Å². The third kappa shape index (κ3) is 3.28. The SMILES string of the molecule is CC(O)c1ccccc1NC1CC(C)N(C)CC1C. The summed E-state index contributed by atoms with van der Waals surface area (Å²) in [5.74, 6) is 0.614. The fourth-order valence-electron chi connectivity index (χ4n) is 2.93. The molecule has 4 atom stereocenters. The van der Waals surface area contributed by atoms with E-state index in [1.54, 1.807) is 0 Å². The molecule has 1 aromatic rings. The first-order valence-corrected chi connectivity index (χ1v) is 7.22. The summed E-state index contributed by atoms with van der Waals surface area (Å²) in [6, 6.07) is 9.15. The number of hydrogen-bond donors (Lipinski definition) is 2. The lowest BCUT2D eigenvalue weighted by molar-refractivity contribution is 0.145. The minimum absolute atomic E-state index is 0.428. The highest BCUT2D eigenvalue weighted by atomic mass is 16.3. The maximum absolute atomic E-state index is 9.85. The Morgan fingerprint density at radius 1 is 1.32 bits per heavy atom. The van der Waals surface area contributed by atoms with Gasteiger partial charge in [0.05, 0.1) is 6.10 Å². The van der Waals surface area contributed by atoms with Crippen LogP contribution in [0.5, 0.6) is 0 Å². The molecule has 2 N–H and O–H groups in total. The van der Waals surface area contributed by atoms with Gasteiger partial charge in [0.15, 0.2) is 0 Å². The lowest BCUT2D eigenvalue weighted by Crippen LogP contribution is -2.48.